The second kappa shape index (κ2) is 9.71. The van der Waals surface area contributed by atoms with Gasteiger partial charge in [-0.3, -0.25) is 9.59 Å². The average molecular weight is 372 g/mol. The third kappa shape index (κ3) is 6.09. The predicted octanol–water partition coefficient (Wildman–Crippen LogP) is 3.39. The van der Waals surface area contributed by atoms with Crippen LogP contribution in [0.4, 0.5) is 4.39 Å². The Morgan fingerprint density at radius 1 is 1.11 bits per heavy atom. The molecule has 0 heterocycles. The van der Waals surface area contributed by atoms with E-state index in [1.54, 1.807) is 36.4 Å². The van der Waals surface area contributed by atoms with Gasteiger partial charge in [-0.1, -0.05) is 24.3 Å². The van der Waals surface area contributed by atoms with Crippen LogP contribution in [-0.4, -0.2) is 35.8 Å². The molecule has 5 nitrogen and oxygen atoms in total. The van der Waals surface area contributed by atoms with Gasteiger partial charge in [0.05, 0.1) is 12.1 Å². The van der Waals surface area contributed by atoms with Crippen molar-refractivity contribution in [1.82, 2.24) is 10.2 Å². The first kappa shape index (κ1) is 20.4. The van der Waals surface area contributed by atoms with Crippen LogP contribution in [-0.2, 0) is 11.4 Å². The Morgan fingerprint density at radius 2 is 1.78 bits per heavy atom. The van der Waals surface area contributed by atoms with Gasteiger partial charge >= 0.3 is 0 Å². The molecule has 2 aromatic carbocycles. The molecule has 0 fully saturated rings. The van der Waals surface area contributed by atoms with E-state index >= 15 is 0 Å². The Hall–Kier alpha value is -2.89. The van der Waals surface area contributed by atoms with Crippen LogP contribution in [0.5, 0.6) is 5.75 Å². The molecule has 0 saturated heterocycles. The fraction of sp³-hybridized carbons (Fsp3) is 0.333. The highest BCUT2D eigenvalue weighted by Crippen LogP contribution is 2.21. The maximum Gasteiger partial charge on any atom is 0.258 e. The number of likely N-dealkylation sites (N-methyl/N-ethyl adjacent to an activating group) is 1. The molecule has 1 N–H and O–H groups in total. The molecule has 2 rings (SSSR count). The van der Waals surface area contributed by atoms with Crippen molar-refractivity contribution in [2.45, 2.75) is 33.4 Å². The van der Waals surface area contributed by atoms with Crippen molar-refractivity contribution in [2.75, 3.05) is 13.1 Å². The topological polar surface area (TPSA) is 58.6 Å². The fourth-order valence-corrected chi connectivity index (χ4v) is 2.55. The quantitative estimate of drug-likeness (QED) is 0.773. The number of hydrogen-bond acceptors (Lipinski definition) is 3. The third-order valence-corrected chi connectivity index (χ3v) is 3.88. The molecule has 0 aliphatic heterocycles. The van der Waals surface area contributed by atoms with Crippen molar-refractivity contribution < 1.29 is 18.7 Å². The molecule has 0 spiro atoms. The van der Waals surface area contributed by atoms with Gasteiger partial charge in [-0.2, -0.15) is 0 Å². The molecule has 27 heavy (non-hydrogen) atoms. The van der Waals surface area contributed by atoms with Gasteiger partial charge in [-0.25, -0.2) is 4.39 Å². The second-order valence-electron chi connectivity index (χ2n) is 6.45. The molecule has 0 unspecified atom stereocenters. The summed E-state index contributed by atoms with van der Waals surface area (Å²) in [7, 11) is 0. The van der Waals surface area contributed by atoms with Crippen molar-refractivity contribution in [3.8, 4) is 5.75 Å². The molecule has 0 aliphatic carbocycles. The number of hydrogen-bond donors (Lipinski definition) is 1. The number of benzene rings is 2. The highest BCUT2D eigenvalue weighted by molar-refractivity contribution is 5.98. The van der Waals surface area contributed by atoms with Gasteiger partial charge in [0.15, 0.2) is 0 Å². The highest BCUT2D eigenvalue weighted by atomic mass is 19.1. The average Bonchev–Trinajstić information content (AvgIpc) is 2.65. The molecule has 6 heteroatoms. The number of nitrogens with zero attached hydrogens (tertiary/aromatic N) is 1. The number of amides is 2. The number of carbonyl (C=O) groups excluding carboxylic acids is 2. The van der Waals surface area contributed by atoms with E-state index in [0.717, 1.165) is 5.56 Å². The van der Waals surface area contributed by atoms with E-state index in [-0.39, 0.29) is 36.8 Å². The minimum Gasteiger partial charge on any atom is -0.488 e. The Kier molecular flexibility index (Phi) is 7.34. The summed E-state index contributed by atoms with van der Waals surface area (Å²) in [5.41, 5.74) is 1.18. The lowest BCUT2D eigenvalue weighted by Gasteiger charge is -2.22. The lowest BCUT2D eigenvalue weighted by atomic mass is 10.1. The SMILES string of the molecule is CCN(CC(=O)NC(C)C)C(=O)c1ccccc1OCc1ccc(F)cc1. The molecule has 0 aromatic heterocycles. The number of para-hydroxylation sites is 1. The van der Waals surface area contributed by atoms with Crippen LogP contribution >= 0.6 is 0 Å². The molecule has 2 aromatic rings. The lowest BCUT2D eigenvalue weighted by Crippen LogP contribution is -2.42. The van der Waals surface area contributed by atoms with E-state index < -0.39 is 0 Å². The molecule has 0 saturated carbocycles. The van der Waals surface area contributed by atoms with Gasteiger partial charge in [0, 0.05) is 12.6 Å². The van der Waals surface area contributed by atoms with Crippen molar-refractivity contribution in [1.29, 1.82) is 0 Å². The smallest absolute Gasteiger partial charge is 0.258 e. The Morgan fingerprint density at radius 3 is 2.41 bits per heavy atom. The normalized spacial score (nSPS) is 10.6. The Bertz CT molecular complexity index is 775. The first-order valence-corrected chi connectivity index (χ1v) is 8.95. The minimum atomic E-state index is -0.312. The summed E-state index contributed by atoms with van der Waals surface area (Å²) in [4.78, 5) is 26.4. The summed E-state index contributed by atoms with van der Waals surface area (Å²) in [5.74, 6) is -0.363. The van der Waals surface area contributed by atoms with Crippen molar-refractivity contribution in [3.63, 3.8) is 0 Å². The van der Waals surface area contributed by atoms with Gasteiger partial charge in [0.1, 0.15) is 18.2 Å². The first-order chi connectivity index (χ1) is 12.9. The summed E-state index contributed by atoms with van der Waals surface area (Å²) in [6.45, 7) is 6.16. The van der Waals surface area contributed by atoms with Crippen molar-refractivity contribution in [2.24, 2.45) is 0 Å². The molecular weight excluding hydrogens is 347 g/mol. The number of rotatable bonds is 8. The zero-order valence-electron chi connectivity index (χ0n) is 15.9. The van der Waals surface area contributed by atoms with E-state index in [2.05, 4.69) is 5.32 Å². The summed E-state index contributed by atoms with van der Waals surface area (Å²) >= 11 is 0. The zero-order chi connectivity index (χ0) is 19.8. The van der Waals surface area contributed by atoms with Gasteiger partial charge in [0.25, 0.3) is 5.91 Å². The van der Waals surface area contributed by atoms with Crippen LogP contribution in [0.2, 0.25) is 0 Å². The van der Waals surface area contributed by atoms with E-state index in [0.29, 0.717) is 17.9 Å². The molecule has 0 bridgehead atoms. The molecular formula is C21H25FN2O3. The van der Waals surface area contributed by atoms with Crippen LogP contribution in [0.15, 0.2) is 48.5 Å². The minimum absolute atomic E-state index is 0.0117. The molecule has 144 valence electrons. The van der Waals surface area contributed by atoms with E-state index in [1.165, 1.54) is 17.0 Å². The van der Waals surface area contributed by atoms with E-state index in [4.69, 9.17) is 4.74 Å². The second-order valence-corrected chi connectivity index (χ2v) is 6.45. The number of ether oxygens (including phenoxy) is 1. The van der Waals surface area contributed by atoms with Gasteiger partial charge < -0.3 is 15.0 Å². The van der Waals surface area contributed by atoms with Crippen LogP contribution in [0.25, 0.3) is 0 Å². The van der Waals surface area contributed by atoms with Crippen molar-refractivity contribution in [3.05, 3.63) is 65.5 Å². The van der Waals surface area contributed by atoms with Gasteiger partial charge in [-0.15, -0.1) is 0 Å². The maximum atomic E-state index is 13.0. The first-order valence-electron chi connectivity index (χ1n) is 8.95. The monoisotopic (exact) mass is 372 g/mol. The summed E-state index contributed by atoms with van der Waals surface area (Å²) in [5, 5.41) is 2.78. The van der Waals surface area contributed by atoms with Crippen LogP contribution in [0, 0.1) is 5.82 Å². The Labute approximate surface area is 159 Å². The van der Waals surface area contributed by atoms with Crippen LogP contribution < -0.4 is 10.1 Å². The van der Waals surface area contributed by atoms with Crippen LogP contribution in [0.3, 0.4) is 0 Å². The molecule has 0 aliphatic rings. The zero-order valence-corrected chi connectivity index (χ0v) is 15.9. The summed E-state index contributed by atoms with van der Waals surface area (Å²) in [6, 6.07) is 12.9. The largest absolute Gasteiger partial charge is 0.488 e. The summed E-state index contributed by atoms with van der Waals surface area (Å²) < 4.78 is 18.8. The predicted molar refractivity (Wildman–Crippen MR) is 102 cm³/mol. The van der Waals surface area contributed by atoms with E-state index in [1.807, 2.05) is 20.8 Å². The third-order valence-electron chi connectivity index (χ3n) is 3.88. The van der Waals surface area contributed by atoms with Gasteiger partial charge in [-0.05, 0) is 50.6 Å². The maximum absolute atomic E-state index is 13.0. The van der Waals surface area contributed by atoms with Gasteiger partial charge in [0.2, 0.25) is 5.91 Å². The van der Waals surface area contributed by atoms with Crippen LogP contribution in [0.1, 0.15) is 36.7 Å². The number of carbonyl (C=O) groups is 2. The molecule has 0 radical (unpaired) electrons. The number of halogens is 1. The van der Waals surface area contributed by atoms with E-state index in [9.17, 15) is 14.0 Å². The fourth-order valence-electron chi connectivity index (χ4n) is 2.55. The Balaban J connectivity index is 2.11. The molecule has 2 amide bonds. The standard InChI is InChI=1S/C21H25FN2O3/c1-4-24(13-20(25)23-15(2)3)21(26)18-7-5-6-8-19(18)27-14-16-9-11-17(22)12-10-16/h5-12,15H,4,13-14H2,1-3H3,(H,23,25). The lowest BCUT2D eigenvalue weighted by molar-refractivity contribution is -0.122. The molecule has 0 atom stereocenters. The highest BCUT2D eigenvalue weighted by Gasteiger charge is 2.21. The van der Waals surface area contributed by atoms with Crippen molar-refractivity contribution >= 4 is 11.8 Å². The number of nitrogens with one attached hydrogen (secondary N) is 1. The summed E-state index contributed by atoms with van der Waals surface area (Å²) in [6.07, 6.45) is 0.